The average Bonchev–Trinajstić information content (AvgIpc) is 2.03. The molecule has 1 nitrogen and oxygen atoms in total. The van der Waals surface area contributed by atoms with E-state index in [9.17, 15) is 5.11 Å². The molecule has 0 saturated heterocycles. The number of rotatable bonds is 0. The van der Waals surface area contributed by atoms with Crippen LogP contribution in [0.4, 0.5) is 0 Å². The SMILES string of the molecule is CC.CC1CCC(C)(C)C(O)C1. The Morgan fingerprint density at radius 1 is 1.25 bits per heavy atom. The van der Waals surface area contributed by atoms with Gasteiger partial charge < -0.3 is 5.11 Å². The van der Waals surface area contributed by atoms with Crippen molar-refractivity contribution in [2.75, 3.05) is 0 Å². The van der Waals surface area contributed by atoms with Crippen molar-refractivity contribution in [3.05, 3.63) is 0 Å². The Hall–Kier alpha value is -0.0400. The van der Waals surface area contributed by atoms with Crippen molar-refractivity contribution in [3.63, 3.8) is 0 Å². The number of hydrogen-bond acceptors (Lipinski definition) is 1. The Morgan fingerprint density at radius 2 is 1.75 bits per heavy atom. The first-order valence-electron chi connectivity index (χ1n) is 5.20. The van der Waals surface area contributed by atoms with Gasteiger partial charge in [0.2, 0.25) is 0 Å². The minimum absolute atomic E-state index is 0.0729. The molecule has 1 aliphatic rings. The number of aliphatic hydroxyl groups excluding tert-OH is 1. The second-order valence-electron chi connectivity index (χ2n) is 4.38. The van der Waals surface area contributed by atoms with E-state index >= 15 is 0 Å². The van der Waals surface area contributed by atoms with E-state index in [1.54, 1.807) is 0 Å². The summed E-state index contributed by atoms with van der Waals surface area (Å²) in [6.07, 6.45) is 3.38. The second-order valence-corrected chi connectivity index (χ2v) is 4.38. The summed E-state index contributed by atoms with van der Waals surface area (Å²) in [5, 5.41) is 9.61. The van der Waals surface area contributed by atoms with Crippen LogP contribution in [0.1, 0.15) is 53.9 Å². The maximum Gasteiger partial charge on any atom is 0.0593 e. The van der Waals surface area contributed by atoms with Crippen molar-refractivity contribution < 1.29 is 5.11 Å². The number of hydrogen-bond donors (Lipinski definition) is 1. The van der Waals surface area contributed by atoms with Crippen LogP contribution in [0, 0.1) is 11.3 Å². The quantitative estimate of drug-likeness (QED) is 0.595. The minimum Gasteiger partial charge on any atom is -0.393 e. The zero-order valence-electron chi connectivity index (χ0n) is 9.22. The van der Waals surface area contributed by atoms with Crippen LogP contribution >= 0.6 is 0 Å². The molecular weight excluding hydrogens is 148 g/mol. The van der Waals surface area contributed by atoms with Gasteiger partial charge in [0.1, 0.15) is 0 Å². The van der Waals surface area contributed by atoms with Gasteiger partial charge >= 0.3 is 0 Å². The molecule has 0 radical (unpaired) electrons. The molecule has 0 bridgehead atoms. The molecule has 0 amide bonds. The van der Waals surface area contributed by atoms with Gasteiger partial charge in [0.05, 0.1) is 6.10 Å². The van der Waals surface area contributed by atoms with Gasteiger partial charge in [-0.1, -0.05) is 41.0 Å². The van der Waals surface area contributed by atoms with Gasteiger partial charge in [0.25, 0.3) is 0 Å². The zero-order valence-corrected chi connectivity index (χ0v) is 9.22. The van der Waals surface area contributed by atoms with E-state index in [1.807, 2.05) is 13.8 Å². The topological polar surface area (TPSA) is 20.2 Å². The third-order valence-electron chi connectivity index (χ3n) is 2.81. The van der Waals surface area contributed by atoms with Crippen molar-refractivity contribution in [2.45, 2.75) is 60.0 Å². The lowest BCUT2D eigenvalue weighted by Crippen LogP contribution is -2.35. The highest BCUT2D eigenvalue weighted by molar-refractivity contribution is 4.84. The molecule has 1 saturated carbocycles. The monoisotopic (exact) mass is 172 g/mol. The third kappa shape index (κ3) is 3.14. The number of aliphatic hydroxyl groups is 1. The van der Waals surface area contributed by atoms with Crippen LogP contribution in [0.2, 0.25) is 0 Å². The summed E-state index contributed by atoms with van der Waals surface area (Å²) in [5.74, 6) is 0.725. The zero-order chi connectivity index (χ0) is 9.78. The lowest BCUT2D eigenvalue weighted by molar-refractivity contribution is -0.00465. The predicted octanol–water partition coefficient (Wildman–Crippen LogP) is 3.22. The first kappa shape index (κ1) is 12.0. The standard InChI is InChI=1S/C9H18O.C2H6/c1-7-4-5-9(2,3)8(10)6-7;1-2/h7-8,10H,4-6H2,1-3H3;1-2H3. The van der Waals surface area contributed by atoms with E-state index in [1.165, 1.54) is 12.8 Å². The fraction of sp³-hybridized carbons (Fsp3) is 1.00. The highest BCUT2D eigenvalue weighted by atomic mass is 16.3. The van der Waals surface area contributed by atoms with Crippen molar-refractivity contribution in [1.82, 2.24) is 0 Å². The van der Waals surface area contributed by atoms with Crippen LogP contribution in [0.15, 0.2) is 0 Å². The van der Waals surface area contributed by atoms with E-state index in [-0.39, 0.29) is 11.5 Å². The first-order valence-corrected chi connectivity index (χ1v) is 5.20. The molecule has 2 atom stereocenters. The molecule has 12 heavy (non-hydrogen) atoms. The summed E-state index contributed by atoms with van der Waals surface area (Å²) in [4.78, 5) is 0. The van der Waals surface area contributed by atoms with E-state index in [0.29, 0.717) is 0 Å². The van der Waals surface area contributed by atoms with Crippen molar-refractivity contribution in [1.29, 1.82) is 0 Å². The molecule has 0 aromatic heterocycles. The Morgan fingerprint density at radius 3 is 2.08 bits per heavy atom. The maximum absolute atomic E-state index is 9.61. The van der Waals surface area contributed by atoms with E-state index in [2.05, 4.69) is 20.8 Å². The van der Waals surface area contributed by atoms with Gasteiger partial charge in [-0.2, -0.15) is 0 Å². The van der Waals surface area contributed by atoms with Crippen molar-refractivity contribution in [3.8, 4) is 0 Å². The lowest BCUT2D eigenvalue weighted by atomic mass is 9.71. The molecule has 2 unspecified atom stereocenters. The largest absolute Gasteiger partial charge is 0.393 e. The van der Waals surface area contributed by atoms with Crippen LogP contribution in [0.3, 0.4) is 0 Å². The van der Waals surface area contributed by atoms with E-state index < -0.39 is 0 Å². The highest BCUT2D eigenvalue weighted by Gasteiger charge is 2.33. The van der Waals surface area contributed by atoms with Gasteiger partial charge in [0.15, 0.2) is 0 Å². The molecule has 1 rings (SSSR count). The molecule has 0 spiro atoms. The summed E-state index contributed by atoms with van der Waals surface area (Å²) in [6.45, 7) is 10.5. The molecule has 74 valence electrons. The fourth-order valence-electron chi connectivity index (χ4n) is 1.60. The fourth-order valence-corrected chi connectivity index (χ4v) is 1.60. The predicted molar refractivity (Wildman–Crippen MR) is 54.2 cm³/mol. The molecule has 0 aromatic carbocycles. The van der Waals surface area contributed by atoms with Crippen LogP contribution in [0.5, 0.6) is 0 Å². The Balaban J connectivity index is 0.000000561. The molecule has 0 heterocycles. The summed E-state index contributed by atoms with van der Waals surface area (Å²) >= 11 is 0. The van der Waals surface area contributed by atoms with Crippen LogP contribution < -0.4 is 0 Å². The van der Waals surface area contributed by atoms with Gasteiger partial charge in [-0.3, -0.25) is 0 Å². The summed E-state index contributed by atoms with van der Waals surface area (Å²) in [5.41, 5.74) is 0.173. The molecular formula is C11H24O. The van der Waals surface area contributed by atoms with Crippen LogP contribution in [-0.4, -0.2) is 11.2 Å². The smallest absolute Gasteiger partial charge is 0.0593 e. The van der Waals surface area contributed by atoms with Gasteiger partial charge in [-0.25, -0.2) is 0 Å². The molecule has 1 aliphatic carbocycles. The molecule has 1 heteroatoms. The molecule has 0 aliphatic heterocycles. The normalized spacial score (nSPS) is 33.5. The van der Waals surface area contributed by atoms with Crippen LogP contribution in [0.25, 0.3) is 0 Å². The summed E-state index contributed by atoms with van der Waals surface area (Å²) < 4.78 is 0. The van der Waals surface area contributed by atoms with Gasteiger partial charge in [0, 0.05) is 0 Å². The third-order valence-corrected chi connectivity index (χ3v) is 2.81. The van der Waals surface area contributed by atoms with Crippen LogP contribution in [-0.2, 0) is 0 Å². The Kier molecular flexibility index (Phi) is 4.84. The average molecular weight is 172 g/mol. The van der Waals surface area contributed by atoms with E-state index in [0.717, 1.165) is 12.3 Å². The Bertz CT molecular complexity index is 118. The summed E-state index contributed by atoms with van der Waals surface area (Å²) in [7, 11) is 0. The highest BCUT2D eigenvalue weighted by Crippen LogP contribution is 2.37. The van der Waals surface area contributed by atoms with Crippen molar-refractivity contribution >= 4 is 0 Å². The minimum atomic E-state index is -0.0729. The lowest BCUT2D eigenvalue weighted by Gasteiger charge is -2.37. The maximum atomic E-state index is 9.61. The van der Waals surface area contributed by atoms with Gasteiger partial charge in [-0.15, -0.1) is 0 Å². The molecule has 0 aromatic rings. The molecule has 1 fully saturated rings. The summed E-state index contributed by atoms with van der Waals surface area (Å²) in [6, 6.07) is 0. The molecule has 1 N–H and O–H groups in total. The van der Waals surface area contributed by atoms with Crippen molar-refractivity contribution in [2.24, 2.45) is 11.3 Å². The van der Waals surface area contributed by atoms with E-state index in [4.69, 9.17) is 0 Å². The Labute approximate surface area is 77.2 Å². The van der Waals surface area contributed by atoms with Gasteiger partial charge in [-0.05, 0) is 24.2 Å². The first-order chi connectivity index (χ1) is 5.52. The second kappa shape index (κ2) is 4.86.